The Bertz CT molecular complexity index is 379. The van der Waals surface area contributed by atoms with E-state index in [4.69, 9.17) is 5.11 Å². The van der Waals surface area contributed by atoms with Crippen LogP contribution in [0.1, 0.15) is 10.4 Å². The molecule has 68 valence electrons. The number of rotatable bonds is 2. The summed E-state index contributed by atoms with van der Waals surface area (Å²) in [6, 6.07) is 0.944. The van der Waals surface area contributed by atoms with Crippen molar-refractivity contribution < 1.29 is 14.8 Å². The lowest BCUT2D eigenvalue weighted by Crippen LogP contribution is -2.00. The molecule has 0 aromatic carbocycles. The van der Waals surface area contributed by atoms with Gasteiger partial charge in [-0.05, 0) is 15.9 Å². The van der Waals surface area contributed by atoms with Crippen LogP contribution in [0, 0.1) is 10.1 Å². The molecule has 6 nitrogen and oxygen atoms in total. The average Bonchev–Trinajstić information content (AvgIpc) is 2.04. The van der Waals surface area contributed by atoms with Crippen molar-refractivity contribution in [1.82, 2.24) is 4.98 Å². The highest BCUT2D eigenvalue weighted by atomic mass is 79.9. The second-order valence-electron chi connectivity index (χ2n) is 2.10. The smallest absolute Gasteiger partial charge is 0.337 e. The van der Waals surface area contributed by atoms with Gasteiger partial charge in [-0.25, -0.2) is 9.78 Å². The number of hydrogen-bond acceptors (Lipinski definition) is 4. The fourth-order valence-electron chi connectivity index (χ4n) is 0.681. The minimum Gasteiger partial charge on any atom is -0.478 e. The van der Waals surface area contributed by atoms with Crippen LogP contribution in [0.25, 0.3) is 0 Å². The highest BCUT2D eigenvalue weighted by molar-refractivity contribution is 9.10. The topological polar surface area (TPSA) is 93.3 Å². The summed E-state index contributed by atoms with van der Waals surface area (Å²) < 4.78 is 0.0162. The van der Waals surface area contributed by atoms with Crippen molar-refractivity contribution >= 4 is 27.6 Å². The number of nitrogens with zero attached hydrogens (tertiary/aromatic N) is 2. The van der Waals surface area contributed by atoms with Gasteiger partial charge in [0.25, 0.3) is 0 Å². The Morgan fingerprint density at radius 3 is 2.77 bits per heavy atom. The van der Waals surface area contributed by atoms with Gasteiger partial charge >= 0.3 is 11.7 Å². The van der Waals surface area contributed by atoms with E-state index in [0.29, 0.717) is 0 Å². The predicted octanol–water partition coefficient (Wildman–Crippen LogP) is 1.45. The van der Waals surface area contributed by atoms with Crippen LogP contribution in [0.3, 0.4) is 0 Å². The van der Waals surface area contributed by atoms with E-state index in [1.54, 1.807) is 0 Å². The van der Waals surface area contributed by atoms with Crippen molar-refractivity contribution in [2.24, 2.45) is 0 Å². The molecule has 0 unspecified atom stereocenters. The van der Waals surface area contributed by atoms with E-state index in [1.807, 2.05) is 0 Å². The zero-order chi connectivity index (χ0) is 10.0. The molecule has 0 radical (unpaired) electrons. The van der Waals surface area contributed by atoms with Gasteiger partial charge in [-0.2, -0.15) is 0 Å². The number of carbonyl (C=O) groups is 1. The molecule has 0 atom stereocenters. The van der Waals surface area contributed by atoms with E-state index in [-0.39, 0.29) is 15.9 Å². The minimum atomic E-state index is -1.25. The van der Waals surface area contributed by atoms with Gasteiger partial charge in [0.2, 0.25) is 0 Å². The molecule has 0 aliphatic heterocycles. The largest absolute Gasteiger partial charge is 0.478 e. The Morgan fingerprint density at radius 1 is 1.69 bits per heavy atom. The third-order valence-corrected chi connectivity index (χ3v) is 1.88. The summed E-state index contributed by atoms with van der Waals surface area (Å²) in [6.45, 7) is 0. The van der Waals surface area contributed by atoms with Gasteiger partial charge in [0, 0.05) is 12.3 Å². The molecular weight excluding hydrogens is 244 g/mol. The maximum Gasteiger partial charge on any atom is 0.337 e. The van der Waals surface area contributed by atoms with Gasteiger partial charge < -0.3 is 5.11 Å². The van der Waals surface area contributed by atoms with Crippen LogP contribution in [-0.4, -0.2) is 21.0 Å². The molecule has 0 saturated carbocycles. The van der Waals surface area contributed by atoms with Crippen molar-refractivity contribution in [2.45, 2.75) is 0 Å². The van der Waals surface area contributed by atoms with E-state index in [9.17, 15) is 14.9 Å². The van der Waals surface area contributed by atoms with Crippen LogP contribution < -0.4 is 0 Å². The van der Waals surface area contributed by atoms with Crippen molar-refractivity contribution in [2.75, 3.05) is 0 Å². The Kier molecular flexibility index (Phi) is 2.57. The van der Waals surface area contributed by atoms with Crippen molar-refractivity contribution in [1.29, 1.82) is 0 Å². The first-order valence-corrected chi connectivity index (χ1v) is 3.85. The zero-order valence-corrected chi connectivity index (χ0v) is 7.69. The first kappa shape index (κ1) is 9.59. The van der Waals surface area contributed by atoms with Crippen molar-refractivity contribution in [3.05, 3.63) is 32.5 Å². The molecular formula is C6H3BrN2O4. The van der Waals surface area contributed by atoms with Crippen LogP contribution in [-0.2, 0) is 0 Å². The Morgan fingerprint density at radius 2 is 2.31 bits per heavy atom. The number of carboxylic acids is 1. The summed E-state index contributed by atoms with van der Waals surface area (Å²) in [4.78, 5) is 23.6. The van der Waals surface area contributed by atoms with E-state index < -0.39 is 10.9 Å². The van der Waals surface area contributed by atoms with E-state index in [0.717, 1.165) is 12.3 Å². The first-order chi connectivity index (χ1) is 6.02. The summed E-state index contributed by atoms with van der Waals surface area (Å²) in [5.41, 5.74) is -0.574. The van der Waals surface area contributed by atoms with E-state index in [1.165, 1.54) is 0 Å². The van der Waals surface area contributed by atoms with Crippen LogP contribution >= 0.6 is 15.9 Å². The molecule has 0 aliphatic carbocycles. The summed E-state index contributed by atoms with van der Waals surface area (Å²) in [6.07, 6.45) is 1.04. The zero-order valence-electron chi connectivity index (χ0n) is 6.10. The third kappa shape index (κ3) is 2.00. The lowest BCUT2D eigenvalue weighted by Gasteiger charge is -1.95. The minimum absolute atomic E-state index is 0.0162. The van der Waals surface area contributed by atoms with Gasteiger partial charge in [0.05, 0.1) is 10.5 Å². The Labute approximate surface area is 80.5 Å². The molecule has 1 heterocycles. The molecule has 0 saturated heterocycles. The maximum atomic E-state index is 10.4. The average molecular weight is 247 g/mol. The molecule has 13 heavy (non-hydrogen) atoms. The quantitative estimate of drug-likeness (QED) is 0.484. The van der Waals surface area contributed by atoms with E-state index >= 15 is 0 Å². The highest BCUT2D eigenvalue weighted by Gasteiger charge is 2.16. The number of halogens is 1. The molecule has 1 N–H and O–H groups in total. The fourth-order valence-corrected chi connectivity index (χ4v) is 1.04. The monoisotopic (exact) mass is 246 g/mol. The third-order valence-electron chi connectivity index (χ3n) is 1.26. The summed E-state index contributed by atoms with van der Waals surface area (Å²) in [5.74, 6) is -1.25. The number of carboxylic acid groups (broad SMARTS) is 1. The highest BCUT2D eigenvalue weighted by Crippen LogP contribution is 2.22. The number of nitro groups is 1. The van der Waals surface area contributed by atoms with Gasteiger partial charge in [-0.3, -0.25) is 10.1 Å². The molecule has 0 bridgehead atoms. The molecule has 0 fully saturated rings. The van der Waals surface area contributed by atoms with Crippen LogP contribution in [0.4, 0.5) is 5.69 Å². The van der Waals surface area contributed by atoms with Crippen LogP contribution in [0.15, 0.2) is 16.9 Å². The molecule has 0 spiro atoms. The number of pyridine rings is 1. The summed E-state index contributed by atoms with van der Waals surface area (Å²) in [5, 5.41) is 18.8. The SMILES string of the molecule is O=C(O)c1cnc(Br)c([N+](=O)[O-])c1. The van der Waals surface area contributed by atoms with Gasteiger partial charge in [0.15, 0.2) is 4.60 Å². The normalized spacial score (nSPS) is 9.62. The van der Waals surface area contributed by atoms with Crippen LogP contribution in [0.2, 0.25) is 0 Å². The van der Waals surface area contributed by atoms with E-state index in [2.05, 4.69) is 20.9 Å². The summed E-state index contributed by atoms with van der Waals surface area (Å²) >= 11 is 2.83. The van der Waals surface area contributed by atoms with Gasteiger partial charge in [0.1, 0.15) is 0 Å². The molecule has 1 rings (SSSR count). The Balaban J connectivity index is 3.27. The van der Waals surface area contributed by atoms with Crippen LogP contribution in [0.5, 0.6) is 0 Å². The fraction of sp³-hybridized carbons (Fsp3) is 0. The standard InChI is InChI=1S/C6H3BrN2O4/c7-5-4(9(12)13)1-3(2-8-5)6(10)11/h1-2H,(H,10,11). The molecule has 0 aliphatic rings. The predicted molar refractivity (Wildman–Crippen MR) is 45.6 cm³/mol. The first-order valence-electron chi connectivity index (χ1n) is 3.05. The van der Waals surface area contributed by atoms with Gasteiger partial charge in [-0.1, -0.05) is 0 Å². The summed E-state index contributed by atoms with van der Waals surface area (Å²) in [7, 11) is 0. The lowest BCUT2D eigenvalue weighted by molar-refractivity contribution is -0.386. The number of hydrogen-bond donors (Lipinski definition) is 1. The second kappa shape index (κ2) is 3.48. The lowest BCUT2D eigenvalue weighted by atomic mass is 10.3. The Hall–Kier alpha value is -1.50. The molecule has 1 aromatic heterocycles. The van der Waals surface area contributed by atoms with Gasteiger partial charge in [-0.15, -0.1) is 0 Å². The molecule has 7 heteroatoms. The molecule has 0 amide bonds. The van der Waals surface area contributed by atoms with Crippen molar-refractivity contribution in [3.63, 3.8) is 0 Å². The number of aromatic nitrogens is 1. The second-order valence-corrected chi connectivity index (χ2v) is 2.85. The van der Waals surface area contributed by atoms with Crippen molar-refractivity contribution in [3.8, 4) is 0 Å². The number of aromatic carboxylic acids is 1. The molecule has 1 aromatic rings. The maximum absolute atomic E-state index is 10.4.